The maximum absolute atomic E-state index is 4.88. The van der Waals surface area contributed by atoms with Gasteiger partial charge in [0.1, 0.15) is 23.3 Å². The van der Waals surface area contributed by atoms with E-state index in [9.17, 15) is 0 Å². The molecule has 8 heteroatoms. The minimum Gasteiger partial charge on any atom is -0.345 e. The van der Waals surface area contributed by atoms with Crippen molar-refractivity contribution >= 4 is 22.1 Å². The predicted octanol–water partition coefficient (Wildman–Crippen LogP) is 5.74. The summed E-state index contributed by atoms with van der Waals surface area (Å²) >= 11 is 0. The van der Waals surface area contributed by atoms with Crippen molar-refractivity contribution in [3.63, 3.8) is 0 Å². The van der Waals surface area contributed by atoms with Crippen LogP contribution in [0.3, 0.4) is 0 Å². The lowest BCUT2D eigenvalue weighted by Gasteiger charge is -2.11. The Kier molecular flexibility index (Phi) is 5.18. The summed E-state index contributed by atoms with van der Waals surface area (Å²) in [5.74, 6) is 4.20. The van der Waals surface area contributed by atoms with Gasteiger partial charge in [0.15, 0.2) is 0 Å². The van der Waals surface area contributed by atoms with Crippen molar-refractivity contribution < 1.29 is 0 Å². The van der Waals surface area contributed by atoms with Gasteiger partial charge in [-0.05, 0) is 55.7 Å². The van der Waals surface area contributed by atoms with E-state index in [2.05, 4.69) is 67.2 Å². The molecular weight excluding hydrogens is 424 g/mol. The molecule has 0 aliphatic rings. The van der Waals surface area contributed by atoms with Crippen molar-refractivity contribution in [3.8, 4) is 22.8 Å². The zero-order valence-electron chi connectivity index (χ0n) is 19.0. The lowest BCUT2D eigenvalue weighted by atomic mass is 9.98. The number of aryl methyl sites for hydroxylation is 1. The molecule has 0 radical (unpaired) electrons. The summed E-state index contributed by atoms with van der Waals surface area (Å²) in [6, 6.07) is 12.4. The SMILES string of the molecule is CCC(CCCc1nc2ccc(-c3ncc[nH]3)cc2[nH]1)c1nc2ccc(-c3ncc[nH]3)cc2[nH]1. The number of nitrogens with zero attached hydrogens (tertiary/aromatic N) is 4. The predicted molar refractivity (Wildman–Crippen MR) is 133 cm³/mol. The molecular formula is C26H26N8. The first-order valence-electron chi connectivity index (χ1n) is 11.7. The number of nitrogens with one attached hydrogen (secondary N) is 4. The zero-order valence-corrected chi connectivity index (χ0v) is 19.0. The van der Waals surface area contributed by atoms with E-state index in [0.29, 0.717) is 5.92 Å². The van der Waals surface area contributed by atoms with Crippen molar-refractivity contribution in [2.24, 2.45) is 0 Å². The van der Waals surface area contributed by atoms with E-state index in [-0.39, 0.29) is 0 Å². The largest absolute Gasteiger partial charge is 0.345 e. The summed E-state index contributed by atoms with van der Waals surface area (Å²) in [6.45, 7) is 2.23. The number of H-pyrrole nitrogens is 4. The van der Waals surface area contributed by atoms with Gasteiger partial charge in [0.2, 0.25) is 0 Å². The molecule has 1 unspecified atom stereocenters. The molecule has 0 amide bonds. The number of fused-ring (bicyclic) bond motifs is 2. The van der Waals surface area contributed by atoms with Crippen LogP contribution in [0.4, 0.5) is 0 Å². The van der Waals surface area contributed by atoms with Crippen LogP contribution in [0.15, 0.2) is 61.2 Å². The smallest absolute Gasteiger partial charge is 0.137 e. The Morgan fingerprint density at radius 1 is 0.794 bits per heavy atom. The second-order valence-electron chi connectivity index (χ2n) is 8.64. The number of aromatic nitrogens is 8. The fraction of sp³-hybridized carbons (Fsp3) is 0.231. The fourth-order valence-electron chi connectivity index (χ4n) is 4.59. The van der Waals surface area contributed by atoms with Gasteiger partial charge in [0.05, 0.1) is 22.1 Å². The van der Waals surface area contributed by atoms with E-state index in [1.807, 2.05) is 18.5 Å². The Hall–Kier alpha value is -4.20. The second-order valence-corrected chi connectivity index (χ2v) is 8.64. The van der Waals surface area contributed by atoms with Gasteiger partial charge in [-0.15, -0.1) is 0 Å². The van der Waals surface area contributed by atoms with E-state index in [0.717, 1.165) is 82.2 Å². The highest BCUT2D eigenvalue weighted by Gasteiger charge is 2.15. The molecule has 0 bridgehead atoms. The summed E-state index contributed by atoms with van der Waals surface area (Å²) in [5.41, 5.74) is 6.18. The molecule has 6 rings (SSSR count). The van der Waals surface area contributed by atoms with Crippen LogP contribution in [0.5, 0.6) is 0 Å². The van der Waals surface area contributed by atoms with Gasteiger partial charge in [-0.1, -0.05) is 6.92 Å². The fourth-order valence-corrected chi connectivity index (χ4v) is 4.59. The summed E-state index contributed by atoms with van der Waals surface area (Å²) in [7, 11) is 0. The molecule has 8 nitrogen and oxygen atoms in total. The van der Waals surface area contributed by atoms with Crippen LogP contribution in [0, 0.1) is 0 Å². The molecule has 4 aromatic heterocycles. The van der Waals surface area contributed by atoms with E-state index in [4.69, 9.17) is 9.97 Å². The monoisotopic (exact) mass is 450 g/mol. The summed E-state index contributed by atoms with van der Waals surface area (Å²) in [6.07, 6.45) is 11.2. The topological polar surface area (TPSA) is 115 Å². The minimum absolute atomic E-state index is 0.384. The quantitative estimate of drug-likeness (QED) is 0.237. The van der Waals surface area contributed by atoms with Crippen LogP contribution in [0.1, 0.15) is 43.8 Å². The highest BCUT2D eigenvalue weighted by atomic mass is 14.9. The molecule has 170 valence electrons. The van der Waals surface area contributed by atoms with Gasteiger partial charge >= 0.3 is 0 Å². The number of imidazole rings is 4. The maximum atomic E-state index is 4.88. The molecule has 1 atom stereocenters. The van der Waals surface area contributed by atoms with Crippen LogP contribution >= 0.6 is 0 Å². The third-order valence-corrected chi connectivity index (χ3v) is 6.42. The van der Waals surface area contributed by atoms with Crippen LogP contribution in [0.25, 0.3) is 44.8 Å². The van der Waals surface area contributed by atoms with Gasteiger partial charge in [0, 0.05) is 48.3 Å². The highest BCUT2D eigenvalue weighted by molar-refractivity contribution is 5.81. The molecule has 0 aliphatic carbocycles. The molecule has 0 fully saturated rings. The Balaban J connectivity index is 1.14. The number of benzene rings is 2. The lowest BCUT2D eigenvalue weighted by molar-refractivity contribution is 0.550. The van der Waals surface area contributed by atoms with Gasteiger partial charge in [-0.2, -0.15) is 0 Å². The Morgan fingerprint density at radius 3 is 2.06 bits per heavy atom. The number of aromatic amines is 4. The Bertz CT molecular complexity index is 1520. The van der Waals surface area contributed by atoms with E-state index < -0.39 is 0 Å². The van der Waals surface area contributed by atoms with Gasteiger partial charge in [-0.3, -0.25) is 0 Å². The minimum atomic E-state index is 0.384. The molecule has 0 saturated carbocycles. The summed E-state index contributed by atoms with van der Waals surface area (Å²) < 4.78 is 0. The van der Waals surface area contributed by atoms with Crippen LogP contribution < -0.4 is 0 Å². The number of hydrogen-bond donors (Lipinski definition) is 4. The van der Waals surface area contributed by atoms with Crippen LogP contribution in [-0.4, -0.2) is 39.9 Å². The van der Waals surface area contributed by atoms with Crippen molar-refractivity contribution in [2.75, 3.05) is 0 Å². The average Bonchev–Trinajstić information content (AvgIpc) is 3.67. The highest BCUT2D eigenvalue weighted by Crippen LogP contribution is 2.28. The Morgan fingerprint density at radius 2 is 1.44 bits per heavy atom. The Labute approximate surface area is 196 Å². The molecule has 2 aromatic carbocycles. The first-order chi connectivity index (χ1) is 16.8. The summed E-state index contributed by atoms with van der Waals surface area (Å²) in [4.78, 5) is 31.7. The normalized spacial score (nSPS) is 12.6. The maximum Gasteiger partial charge on any atom is 0.137 e. The van der Waals surface area contributed by atoms with Crippen molar-refractivity contribution in [2.45, 2.75) is 38.5 Å². The second kappa shape index (κ2) is 8.62. The van der Waals surface area contributed by atoms with Gasteiger partial charge < -0.3 is 19.9 Å². The molecule has 0 saturated heterocycles. The van der Waals surface area contributed by atoms with Crippen LogP contribution in [-0.2, 0) is 6.42 Å². The zero-order chi connectivity index (χ0) is 22.9. The molecule has 4 N–H and O–H groups in total. The first kappa shape index (κ1) is 20.4. The van der Waals surface area contributed by atoms with Crippen molar-refractivity contribution in [3.05, 3.63) is 72.8 Å². The first-order valence-corrected chi connectivity index (χ1v) is 11.7. The van der Waals surface area contributed by atoms with Crippen molar-refractivity contribution in [1.29, 1.82) is 0 Å². The van der Waals surface area contributed by atoms with Gasteiger partial charge in [-0.25, -0.2) is 19.9 Å². The summed E-state index contributed by atoms with van der Waals surface area (Å²) in [5, 5.41) is 0. The van der Waals surface area contributed by atoms with E-state index in [1.54, 1.807) is 12.4 Å². The molecule has 0 aliphatic heterocycles. The van der Waals surface area contributed by atoms with Crippen molar-refractivity contribution in [1.82, 2.24) is 39.9 Å². The molecule has 6 aromatic rings. The average molecular weight is 451 g/mol. The molecule has 0 spiro atoms. The number of hydrogen-bond acceptors (Lipinski definition) is 4. The molecule has 4 heterocycles. The lowest BCUT2D eigenvalue weighted by Crippen LogP contribution is -2.01. The van der Waals surface area contributed by atoms with E-state index in [1.165, 1.54) is 0 Å². The van der Waals surface area contributed by atoms with E-state index >= 15 is 0 Å². The standard InChI is InChI=1S/C26H26N8/c1-2-16(26-33-20-9-7-18(15-22(20)34-26)25-29-12-13-30-25)4-3-5-23-31-19-8-6-17(14-21(19)32-23)24-27-10-11-28-24/h6-16H,2-5H2,1H3,(H,27,28)(H,29,30)(H,31,32)(H,33,34). The van der Waals surface area contributed by atoms with Crippen LogP contribution in [0.2, 0.25) is 0 Å². The molecule has 34 heavy (non-hydrogen) atoms. The third kappa shape index (κ3) is 3.87. The number of rotatable bonds is 8. The third-order valence-electron chi connectivity index (χ3n) is 6.42. The van der Waals surface area contributed by atoms with Gasteiger partial charge in [0.25, 0.3) is 0 Å².